The fraction of sp³-hybridized carbons (Fsp3) is 0.571. The van der Waals surface area contributed by atoms with Gasteiger partial charge < -0.3 is 4.74 Å². The van der Waals surface area contributed by atoms with Gasteiger partial charge in [0.1, 0.15) is 10.6 Å². The summed E-state index contributed by atoms with van der Waals surface area (Å²) in [6.45, 7) is 4.56. The number of benzene rings is 1. The maximum atomic E-state index is 12.5. The summed E-state index contributed by atoms with van der Waals surface area (Å²) in [7, 11) is -2.14. The van der Waals surface area contributed by atoms with E-state index in [1.54, 1.807) is 30.0 Å². The Balaban J connectivity index is 3.05. The first kappa shape index (κ1) is 18.8. The Hall–Kier alpha value is -0.240. The summed E-state index contributed by atoms with van der Waals surface area (Å²) in [5, 5.41) is 0. The van der Waals surface area contributed by atoms with Crippen molar-refractivity contribution in [3.05, 3.63) is 22.7 Å². The Labute approximate surface area is 140 Å². The van der Waals surface area contributed by atoms with E-state index in [2.05, 4.69) is 34.5 Å². The average Bonchev–Trinajstić information content (AvgIpc) is 2.49. The molecule has 0 unspecified atom stereocenters. The van der Waals surface area contributed by atoms with Crippen molar-refractivity contribution in [2.24, 2.45) is 0 Å². The lowest BCUT2D eigenvalue weighted by Gasteiger charge is -2.29. The molecule has 0 atom stereocenters. The van der Waals surface area contributed by atoms with Crippen LogP contribution in [0.4, 0.5) is 0 Å². The highest BCUT2D eigenvalue weighted by Gasteiger charge is 2.28. The minimum atomic E-state index is -3.61. The molecule has 0 spiro atoms. The van der Waals surface area contributed by atoms with Gasteiger partial charge in [-0.1, -0.05) is 29.8 Å². The molecule has 0 radical (unpaired) electrons. The molecule has 4 nitrogen and oxygen atoms in total. The van der Waals surface area contributed by atoms with Crippen LogP contribution in [-0.2, 0) is 10.0 Å². The molecule has 0 bridgehead atoms. The van der Waals surface area contributed by atoms with Crippen LogP contribution in [0.25, 0.3) is 0 Å². The molecular weight excluding hydrogens is 374 g/mol. The lowest BCUT2D eigenvalue weighted by molar-refractivity contribution is 0.402. The molecule has 0 aromatic heterocycles. The number of methoxy groups -OCH3 is 1. The van der Waals surface area contributed by atoms with Crippen molar-refractivity contribution in [3.8, 4) is 5.75 Å². The summed E-state index contributed by atoms with van der Waals surface area (Å²) in [5.41, 5.74) is 0. The average molecular weight is 396 g/mol. The summed E-state index contributed by atoms with van der Waals surface area (Å²) in [6.07, 6.45) is 3.83. The fourth-order valence-electron chi connectivity index (χ4n) is 2.03. The van der Waals surface area contributed by atoms with E-state index in [1.807, 2.05) is 6.26 Å². The Kier molecular flexibility index (Phi) is 7.03. The van der Waals surface area contributed by atoms with E-state index in [0.717, 1.165) is 12.8 Å². The minimum absolute atomic E-state index is 0.0771. The predicted molar refractivity (Wildman–Crippen MR) is 92.7 cm³/mol. The fourth-order valence-corrected chi connectivity index (χ4v) is 4.74. The molecule has 7 heteroatoms. The molecule has 0 saturated carbocycles. The van der Waals surface area contributed by atoms with Crippen LogP contribution < -0.4 is 9.46 Å². The van der Waals surface area contributed by atoms with Gasteiger partial charge in [-0.15, -0.1) is 0 Å². The molecule has 0 aliphatic rings. The Bertz CT molecular complexity index is 563. The van der Waals surface area contributed by atoms with Crippen LogP contribution in [0, 0.1) is 0 Å². The summed E-state index contributed by atoms with van der Waals surface area (Å²) >= 11 is 5.00. The Morgan fingerprint density at radius 1 is 1.33 bits per heavy atom. The topological polar surface area (TPSA) is 55.4 Å². The highest BCUT2D eigenvalue weighted by Crippen LogP contribution is 2.31. The molecule has 0 saturated heterocycles. The molecule has 0 heterocycles. The highest BCUT2D eigenvalue weighted by molar-refractivity contribution is 9.10. The Morgan fingerprint density at radius 2 is 1.95 bits per heavy atom. The number of halogens is 1. The largest absolute Gasteiger partial charge is 0.495 e. The van der Waals surface area contributed by atoms with Crippen molar-refractivity contribution in [2.75, 3.05) is 19.9 Å². The van der Waals surface area contributed by atoms with Crippen molar-refractivity contribution in [2.45, 2.75) is 36.3 Å². The molecule has 1 aromatic carbocycles. The number of ether oxygens (including phenoxy) is 1. The smallest absolute Gasteiger partial charge is 0.244 e. The number of rotatable bonds is 8. The van der Waals surface area contributed by atoms with Crippen LogP contribution in [0.2, 0.25) is 0 Å². The zero-order valence-electron chi connectivity index (χ0n) is 12.8. The molecule has 0 aliphatic carbocycles. The summed E-state index contributed by atoms with van der Waals surface area (Å²) < 4.78 is 33.6. The molecule has 1 aromatic rings. The van der Waals surface area contributed by atoms with Crippen molar-refractivity contribution >= 4 is 37.7 Å². The van der Waals surface area contributed by atoms with Crippen molar-refractivity contribution < 1.29 is 13.2 Å². The van der Waals surface area contributed by atoms with E-state index >= 15 is 0 Å². The zero-order valence-corrected chi connectivity index (χ0v) is 16.0. The third-order valence-corrected chi connectivity index (χ3v) is 7.22. The Morgan fingerprint density at radius 3 is 2.43 bits per heavy atom. The van der Waals surface area contributed by atoms with Crippen LogP contribution >= 0.6 is 27.7 Å². The van der Waals surface area contributed by atoms with E-state index in [1.165, 1.54) is 7.11 Å². The van der Waals surface area contributed by atoms with Gasteiger partial charge >= 0.3 is 0 Å². The molecular formula is C14H22BrNO3S2. The number of hydrogen-bond acceptors (Lipinski definition) is 4. The van der Waals surface area contributed by atoms with Crippen molar-refractivity contribution in [3.63, 3.8) is 0 Å². The molecule has 0 fully saturated rings. The lowest BCUT2D eigenvalue weighted by atomic mass is 10.0. The number of nitrogens with one attached hydrogen (secondary N) is 1. The summed E-state index contributed by atoms with van der Waals surface area (Å²) in [5.74, 6) is 0.341. The minimum Gasteiger partial charge on any atom is -0.495 e. The third kappa shape index (κ3) is 4.61. The molecule has 120 valence electrons. The lowest BCUT2D eigenvalue weighted by Crippen LogP contribution is -2.39. The second-order valence-electron chi connectivity index (χ2n) is 4.71. The van der Waals surface area contributed by atoms with Crippen LogP contribution in [0.5, 0.6) is 5.75 Å². The molecule has 0 amide bonds. The van der Waals surface area contributed by atoms with Crippen LogP contribution in [-0.4, -0.2) is 33.1 Å². The number of hydrogen-bond donors (Lipinski definition) is 1. The van der Waals surface area contributed by atoms with Gasteiger partial charge in [0, 0.05) is 15.8 Å². The van der Waals surface area contributed by atoms with Gasteiger partial charge in [-0.2, -0.15) is 11.8 Å². The highest BCUT2D eigenvalue weighted by atomic mass is 79.9. The normalized spacial score (nSPS) is 12.4. The van der Waals surface area contributed by atoms with Crippen molar-refractivity contribution in [1.82, 2.24) is 4.72 Å². The van der Waals surface area contributed by atoms with Gasteiger partial charge in [0.25, 0.3) is 0 Å². The maximum Gasteiger partial charge on any atom is 0.244 e. The maximum absolute atomic E-state index is 12.5. The molecule has 1 rings (SSSR count). The second kappa shape index (κ2) is 7.85. The first-order valence-electron chi connectivity index (χ1n) is 6.72. The first-order valence-corrected chi connectivity index (χ1v) is 10.2. The molecule has 0 aliphatic heterocycles. The zero-order chi connectivity index (χ0) is 16.1. The standard InChI is InChI=1S/C14H22BrNO3S2/c1-5-14(6-2,20-4)10-16-21(17,18)13-9-11(15)7-8-12(13)19-3/h7-9,16H,5-6,10H2,1-4H3. The van der Waals surface area contributed by atoms with Crippen LogP contribution in [0.1, 0.15) is 26.7 Å². The van der Waals surface area contributed by atoms with Crippen LogP contribution in [0.15, 0.2) is 27.6 Å². The van der Waals surface area contributed by atoms with Gasteiger partial charge in [0.05, 0.1) is 7.11 Å². The van der Waals surface area contributed by atoms with E-state index in [-0.39, 0.29) is 9.64 Å². The quantitative estimate of drug-likeness (QED) is 0.729. The monoisotopic (exact) mass is 395 g/mol. The van der Waals surface area contributed by atoms with E-state index in [4.69, 9.17) is 4.74 Å². The second-order valence-corrected chi connectivity index (χ2v) is 8.64. The van der Waals surface area contributed by atoms with Gasteiger partial charge in [0.15, 0.2) is 0 Å². The molecule has 1 N–H and O–H groups in total. The van der Waals surface area contributed by atoms with E-state index in [9.17, 15) is 8.42 Å². The molecule has 21 heavy (non-hydrogen) atoms. The number of thioether (sulfide) groups is 1. The summed E-state index contributed by atoms with van der Waals surface area (Å²) in [4.78, 5) is 0.154. The predicted octanol–water partition coefficient (Wildman–Crippen LogP) is 3.66. The van der Waals surface area contributed by atoms with Crippen LogP contribution in [0.3, 0.4) is 0 Å². The summed E-state index contributed by atoms with van der Waals surface area (Å²) in [6, 6.07) is 4.95. The van der Waals surface area contributed by atoms with Gasteiger partial charge in [-0.25, -0.2) is 13.1 Å². The van der Waals surface area contributed by atoms with E-state index in [0.29, 0.717) is 16.8 Å². The van der Waals surface area contributed by atoms with Crippen molar-refractivity contribution in [1.29, 1.82) is 0 Å². The van der Waals surface area contributed by atoms with Gasteiger partial charge in [-0.3, -0.25) is 0 Å². The first-order chi connectivity index (χ1) is 9.84. The van der Waals surface area contributed by atoms with Gasteiger partial charge in [0.2, 0.25) is 10.0 Å². The van der Waals surface area contributed by atoms with Gasteiger partial charge in [-0.05, 0) is 37.3 Å². The third-order valence-electron chi connectivity index (χ3n) is 3.72. The number of sulfonamides is 1. The van der Waals surface area contributed by atoms with E-state index < -0.39 is 10.0 Å². The SMILES string of the molecule is CCC(CC)(CNS(=O)(=O)c1cc(Br)ccc1OC)SC.